The van der Waals surface area contributed by atoms with Crippen molar-refractivity contribution in [3.05, 3.63) is 0 Å². The van der Waals surface area contributed by atoms with E-state index in [4.69, 9.17) is 23.7 Å². The van der Waals surface area contributed by atoms with Crippen molar-refractivity contribution in [1.29, 1.82) is 0 Å². The average molecular weight is 347 g/mol. The van der Waals surface area contributed by atoms with Gasteiger partial charge in [-0.1, -0.05) is 51.5 Å². The van der Waals surface area contributed by atoms with Gasteiger partial charge in [0.1, 0.15) is 6.10 Å². The van der Waals surface area contributed by atoms with Gasteiger partial charge >= 0.3 is 0 Å². The van der Waals surface area contributed by atoms with Gasteiger partial charge < -0.3 is 23.7 Å². The van der Waals surface area contributed by atoms with Crippen LogP contribution in [0.3, 0.4) is 0 Å². The van der Waals surface area contributed by atoms with E-state index in [1.54, 1.807) is 14.2 Å². The molecule has 152 valence electrons. The summed E-state index contributed by atoms with van der Waals surface area (Å²) in [6.07, 6.45) is 0.976. The van der Waals surface area contributed by atoms with Crippen molar-refractivity contribution in [2.75, 3.05) is 60.5 Å². The Balaban J connectivity index is -0.0000000853. The van der Waals surface area contributed by atoms with Crippen LogP contribution in [-0.4, -0.2) is 66.6 Å². The first-order valence-corrected chi connectivity index (χ1v) is 6.10. The molecule has 0 aliphatic carbocycles. The summed E-state index contributed by atoms with van der Waals surface area (Å²) in [5, 5.41) is 0. The van der Waals surface area contributed by atoms with Crippen LogP contribution in [0, 0.1) is 0 Å². The van der Waals surface area contributed by atoms with E-state index >= 15 is 0 Å². The minimum absolute atomic E-state index is 0. The maximum Gasteiger partial charge on any atom is 0.104 e. The lowest BCUT2D eigenvalue weighted by atomic mass is 10.4. The Morgan fingerprint density at radius 2 is 1.04 bits per heavy atom. The van der Waals surface area contributed by atoms with Crippen LogP contribution in [0.2, 0.25) is 0 Å². The topological polar surface area (TPSA) is 46.2 Å². The summed E-state index contributed by atoms with van der Waals surface area (Å²) in [5.41, 5.74) is 0. The molecule has 0 saturated heterocycles. The highest BCUT2D eigenvalue weighted by atomic mass is 16.6. The molecule has 0 aromatic carbocycles. The zero-order chi connectivity index (χ0) is 12.8. The van der Waals surface area contributed by atoms with E-state index in [1.807, 2.05) is 0 Å². The number of hydrogen-bond acceptors (Lipinski definition) is 5. The smallest absolute Gasteiger partial charge is 0.104 e. The molecule has 0 spiro atoms. The van der Waals surface area contributed by atoms with Gasteiger partial charge in [-0.2, -0.15) is 0 Å². The molecule has 0 amide bonds. The third-order valence-corrected chi connectivity index (χ3v) is 2.03. The van der Waals surface area contributed by atoms with E-state index in [-0.39, 0.29) is 50.7 Å². The third kappa shape index (κ3) is 34.2. The van der Waals surface area contributed by atoms with Crippen LogP contribution >= 0.6 is 0 Å². The Morgan fingerprint density at radius 3 is 1.48 bits per heavy atom. The van der Waals surface area contributed by atoms with E-state index < -0.39 is 0 Å². The molecule has 1 unspecified atom stereocenters. The van der Waals surface area contributed by atoms with Crippen molar-refractivity contribution in [3.63, 3.8) is 0 Å². The van der Waals surface area contributed by atoms with E-state index in [1.165, 1.54) is 0 Å². The quantitative estimate of drug-likeness (QED) is 0.443. The van der Waals surface area contributed by atoms with Gasteiger partial charge in [0, 0.05) is 20.8 Å². The second kappa shape index (κ2) is 37.8. The molecule has 1 atom stereocenters. The maximum absolute atomic E-state index is 5.59. The van der Waals surface area contributed by atoms with Crippen molar-refractivity contribution in [3.8, 4) is 0 Å². The largest absolute Gasteiger partial charge is 0.382 e. The predicted molar refractivity (Wildman–Crippen MR) is 106 cm³/mol. The van der Waals surface area contributed by atoms with Crippen LogP contribution in [0.5, 0.6) is 0 Å². The Hall–Kier alpha value is -0.200. The third-order valence-electron chi connectivity index (χ3n) is 2.03. The van der Waals surface area contributed by atoms with Gasteiger partial charge in [0.05, 0.1) is 39.6 Å². The lowest BCUT2D eigenvalue weighted by Gasteiger charge is -2.18. The van der Waals surface area contributed by atoms with Gasteiger partial charge in [0.15, 0.2) is 0 Å². The molecule has 5 nitrogen and oxygen atoms in total. The van der Waals surface area contributed by atoms with Gasteiger partial charge in [-0.15, -0.1) is 0 Å². The predicted octanol–water partition coefficient (Wildman–Crippen LogP) is 4.92. The highest BCUT2D eigenvalue weighted by Gasteiger charge is 2.09. The van der Waals surface area contributed by atoms with Crippen molar-refractivity contribution >= 4 is 0 Å². The monoisotopic (exact) mass is 346 g/mol. The highest BCUT2D eigenvalue weighted by Crippen LogP contribution is 1.97. The van der Waals surface area contributed by atoms with Gasteiger partial charge in [-0.05, 0) is 6.42 Å². The van der Waals surface area contributed by atoms with Crippen LogP contribution in [0.25, 0.3) is 0 Å². The second-order valence-corrected chi connectivity index (χ2v) is 3.63. The summed E-state index contributed by atoms with van der Waals surface area (Å²) >= 11 is 0. The summed E-state index contributed by atoms with van der Waals surface area (Å²) in [6.45, 7) is 6.24. The molecule has 0 heterocycles. The molecule has 0 aromatic heterocycles. The highest BCUT2D eigenvalue weighted by molar-refractivity contribution is 4.55. The molecule has 0 saturated carbocycles. The van der Waals surface area contributed by atoms with Gasteiger partial charge in [-0.3, -0.25) is 0 Å². The van der Waals surface area contributed by atoms with Crippen LogP contribution < -0.4 is 0 Å². The minimum atomic E-state index is -0.0337. The maximum atomic E-state index is 5.59. The molecule has 0 rings (SSSR count). The summed E-state index contributed by atoms with van der Waals surface area (Å²) < 4.78 is 26.3. The van der Waals surface area contributed by atoms with E-state index in [0.29, 0.717) is 39.6 Å². The number of hydrogen-bond donors (Lipinski definition) is 0. The normalized spacial score (nSPS) is 9.52. The van der Waals surface area contributed by atoms with Crippen molar-refractivity contribution < 1.29 is 23.7 Å². The summed E-state index contributed by atoms with van der Waals surface area (Å²) in [4.78, 5) is 0. The van der Waals surface area contributed by atoms with Gasteiger partial charge in [0.2, 0.25) is 0 Å². The average Bonchev–Trinajstić information content (AvgIpc) is 2.34. The summed E-state index contributed by atoms with van der Waals surface area (Å²) in [5.74, 6) is 0. The van der Waals surface area contributed by atoms with Crippen LogP contribution in [-0.2, 0) is 23.7 Å². The fraction of sp³-hybridized carbons (Fsp3) is 1.00. The Morgan fingerprint density at radius 1 is 0.609 bits per heavy atom. The molecule has 0 fully saturated rings. The SMILES string of the molecule is C.C.C.C.C.C.CCCOCC(COCCOC)OCCOC. The second-order valence-electron chi connectivity index (χ2n) is 3.63. The molecule has 0 bridgehead atoms. The molecular weight excluding hydrogens is 296 g/mol. The van der Waals surface area contributed by atoms with Crippen molar-refractivity contribution in [2.24, 2.45) is 0 Å². The molecule has 0 aliphatic rings. The van der Waals surface area contributed by atoms with Crippen molar-refractivity contribution in [1.82, 2.24) is 0 Å². The molecule has 0 N–H and O–H groups in total. The van der Waals surface area contributed by atoms with Crippen LogP contribution in [0.1, 0.15) is 57.9 Å². The zero-order valence-electron chi connectivity index (χ0n) is 11.3. The summed E-state index contributed by atoms with van der Waals surface area (Å²) in [6, 6.07) is 0. The molecule has 0 aliphatic heterocycles. The Kier molecular flexibility index (Phi) is 71.3. The standard InChI is InChI=1S/C12H26O5.6CH4/c1-4-5-15-10-12(17-9-7-14-3)11-16-8-6-13-2;;;;;;/h12H,4-11H2,1-3H3;6*1H4. The molecular formula is C18H50O5. The van der Waals surface area contributed by atoms with Gasteiger partial charge in [-0.25, -0.2) is 0 Å². The van der Waals surface area contributed by atoms with Crippen molar-refractivity contribution in [2.45, 2.75) is 64.0 Å². The fourth-order valence-electron chi connectivity index (χ4n) is 1.16. The minimum Gasteiger partial charge on any atom is -0.382 e. The Labute approximate surface area is 149 Å². The first-order valence-electron chi connectivity index (χ1n) is 6.10. The lowest BCUT2D eigenvalue weighted by molar-refractivity contribution is -0.0742. The zero-order valence-corrected chi connectivity index (χ0v) is 11.3. The van der Waals surface area contributed by atoms with Crippen LogP contribution in [0.15, 0.2) is 0 Å². The molecule has 0 aromatic rings. The number of rotatable bonds is 13. The fourth-order valence-corrected chi connectivity index (χ4v) is 1.16. The van der Waals surface area contributed by atoms with Crippen LogP contribution in [0.4, 0.5) is 0 Å². The van der Waals surface area contributed by atoms with E-state index in [2.05, 4.69) is 6.92 Å². The molecule has 5 heteroatoms. The summed E-state index contributed by atoms with van der Waals surface area (Å²) in [7, 11) is 3.31. The lowest BCUT2D eigenvalue weighted by Crippen LogP contribution is -2.28. The van der Waals surface area contributed by atoms with E-state index in [0.717, 1.165) is 13.0 Å². The number of methoxy groups -OCH3 is 2. The number of ether oxygens (including phenoxy) is 5. The first kappa shape index (κ1) is 43.4. The van der Waals surface area contributed by atoms with Gasteiger partial charge in [0.25, 0.3) is 0 Å². The first-order chi connectivity index (χ1) is 8.35. The Bertz CT molecular complexity index is 135. The van der Waals surface area contributed by atoms with E-state index in [9.17, 15) is 0 Å². The molecule has 0 radical (unpaired) electrons. The molecule has 23 heavy (non-hydrogen) atoms.